The Hall–Kier alpha value is -3.11. The molecule has 10 heteroatoms. The second-order valence-corrected chi connectivity index (χ2v) is 14.3. The third-order valence-electron chi connectivity index (χ3n) is 9.41. The number of fused-ring (bicyclic) bond motifs is 3. The van der Waals surface area contributed by atoms with E-state index in [4.69, 9.17) is 24.3 Å². The Morgan fingerprint density at radius 3 is 2.66 bits per heavy atom. The molecule has 0 radical (unpaired) electrons. The number of ether oxygens (including phenoxy) is 3. The van der Waals surface area contributed by atoms with Crippen molar-refractivity contribution in [2.24, 2.45) is 0 Å². The van der Waals surface area contributed by atoms with E-state index < -0.39 is 5.60 Å². The van der Waals surface area contributed by atoms with Gasteiger partial charge in [-0.15, -0.1) is 6.58 Å². The van der Waals surface area contributed by atoms with Crippen LogP contribution < -0.4 is 15.0 Å². The Bertz CT molecular complexity index is 1510. The van der Waals surface area contributed by atoms with E-state index in [1.54, 1.807) is 7.11 Å². The number of carbonyl (C=O) groups is 1. The number of rotatable bonds is 9. The second-order valence-electron chi connectivity index (χ2n) is 13.5. The Balaban J connectivity index is 1.43. The molecule has 2 aromatic heterocycles. The zero-order chi connectivity index (χ0) is 31.1. The third-order valence-corrected chi connectivity index (χ3v) is 9.97. The molecule has 3 aliphatic rings. The number of amides is 1. The summed E-state index contributed by atoms with van der Waals surface area (Å²) in [5.41, 5.74) is 3.73. The summed E-state index contributed by atoms with van der Waals surface area (Å²) in [6, 6.07) is 8.47. The lowest BCUT2D eigenvalue weighted by atomic mass is 9.81. The summed E-state index contributed by atoms with van der Waals surface area (Å²) in [6.45, 7) is 10.8. The average Bonchev–Trinajstić information content (AvgIpc) is 3.78. The van der Waals surface area contributed by atoms with Crippen molar-refractivity contribution < 1.29 is 19.0 Å². The molecule has 44 heavy (non-hydrogen) atoms. The molecular formula is C34H44BrN5O4. The predicted molar refractivity (Wildman–Crippen MR) is 174 cm³/mol. The Labute approximate surface area is 268 Å². The topological polar surface area (TPSA) is 90.2 Å². The molecule has 3 aromatic rings. The normalized spacial score (nSPS) is 22.3. The van der Waals surface area contributed by atoms with Gasteiger partial charge in [-0.3, -0.25) is 0 Å². The van der Waals surface area contributed by atoms with Crippen molar-refractivity contribution in [2.45, 2.75) is 108 Å². The van der Waals surface area contributed by atoms with Gasteiger partial charge in [0, 0.05) is 36.0 Å². The van der Waals surface area contributed by atoms with Crippen molar-refractivity contribution in [3.8, 4) is 5.75 Å². The summed E-state index contributed by atoms with van der Waals surface area (Å²) < 4.78 is 20.5. The van der Waals surface area contributed by atoms with Gasteiger partial charge in [0.25, 0.3) is 0 Å². The fourth-order valence-corrected chi connectivity index (χ4v) is 7.88. The number of methoxy groups -OCH3 is 1. The molecule has 1 N–H and O–H groups in total. The summed E-state index contributed by atoms with van der Waals surface area (Å²) in [4.78, 5) is 20.5. The minimum absolute atomic E-state index is 0.0211. The van der Waals surface area contributed by atoms with Crippen LogP contribution in [0.15, 0.2) is 47.6 Å². The standard InChI is InChI=1S/C34H44BrN5O4/c1-6-17-43-28-19-26-29(34(28)15-7-8-16-34)38-30-27(35)20-36-40(30)31(26)39(21-22-9-13-25(42-5)14-10-22)24-12-11-23(18-24)37-32(41)44-33(2,3)4/h6,9-10,13-14,20,23-24,28H,1,7-8,11-12,15-19,21H2,2-5H3,(H,37,41)/t23-,24-,28?/m0/s1. The van der Waals surface area contributed by atoms with Gasteiger partial charge in [-0.2, -0.15) is 9.61 Å². The molecule has 9 nitrogen and oxygen atoms in total. The molecule has 2 heterocycles. The smallest absolute Gasteiger partial charge is 0.407 e. The number of anilines is 1. The van der Waals surface area contributed by atoms with Gasteiger partial charge in [0.15, 0.2) is 5.65 Å². The SMILES string of the molecule is C=CCOC1Cc2c(nc3c(Br)cnn3c2N(Cc2ccc(OC)cc2)[C@H]2CC[C@H](NC(=O)OC(C)(C)C)C2)C12CCCC2. The molecule has 1 aromatic carbocycles. The van der Waals surface area contributed by atoms with Crippen molar-refractivity contribution in [3.05, 3.63) is 64.4 Å². The highest BCUT2D eigenvalue weighted by atomic mass is 79.9. The van der Waals surface area contributed by atoms with Crippen molar-refractivity contribution in [2.75, 3.05) is 18.6 Å². The number of hydrogen-bond acceptors (Lipinski definition) is 7. The lowest BCUT2D eigenvalue weighted by Crippen LogP contribution is -2.40. The van der Waals surface area contributed by atoms with Crippen LogP contribution in [0.3, 0.4) is 0 Å². The Kier molecular flexibility index (Phi) is 8.67. The Morgan fingerprint density at radius 1 is 1.23 bits per heavy atom. The highest BCUT2D eigenvalue weighted by Crippen LogP contribution is 2.53. The minimum atomic E-state index is -0.542. The molecule has 1 amide bonds. The van der Waals surface area contributed by atoms with Crippen LogP contribution >= 0.6 is 15.9 Å². The predicted octanol–water partition coefficient (Wildman–Crippen LogP) is 6.89. The van der Waals surface area contributed by atoms with Gasteiger partial charge in [-0.1, -0.05) is 31.1 Å². The van der Waals surface area contributed by atoms with Crippen LogP contribution in [-0.2, 0) is 27.9 Å². The first-order valence-corrected chi connectivity index (χ1v) is 16.6. The van der Waals surface area contributed by atoms with E-state index in [0.717, 1.165) is 65.9 Å². The molecule has 6 rings (SSSR count). The van der Waals surface area contributed by atoms with Gasteiger partial charge in [-0.25, -0.2) is 9.78 Å². The molecular weight excluding hydrogens is 622 g/mol. The quantitative estimate of drug-likeness (QED) is 0.249. The average molecular weight is 667 g/mol. The van der Waals surface area contributed by atoms with E-state index in [9.17, 15) is 4.79 Å². The van der Waals surface area contributed by atoms with Crippen LogP contribution in [0.2, 0.25) is 0 Å². The molecule has 2 fully saturated rings. The van der Waals surface area contributed by atoms with Gasteiger partial charge in [0.05, 0.1) is 36.2 Å². The van der Waals surface area contributed by atoms with E-state index in [0.29, 0.717) is 13.2 Å². The highest BCUT2D eigenvalue weighted by Gasteiger charge is 2.52. The maximum atomic E-state index is 12.7. The van der Waals surface area contributed by atoms with E-state index in [-0.39, 0.29) is 29.7 Å². The van der Waals surface area contributed by atoms with Crippen LogP contribution in [0.25, 0.3) is 5.65 Å². The van der Waals surface area contributed by atoms with Crippen molar-refractivity contribution in [3.63, 3.8) is 0 Å². The van der Waals surface area contributed by atoms with E-state index in [1.807, 2.05) is 49.7 Å². The zero-order valence-corrected chi connectivity index (χ0v) is 27.9. The summed E-state index contributed by atoms with van der Waals surface area (Å²) in [5.74, 6) is 1.90. The first-order chi connectivity index (χ1) is 21.1. The zero-order valence-electron chi connectivity index (χ0n) is 26.3. The van der Waals surface area contributed by atoms with Gasteiger partial charge in [-0.05, 0) is 86.5 Å². The van der Waals surface area contributed by atoms with Crippen molar-refractivity contribution in [1.29, 1.82) is 0 Å². The second kappa shape index (κ2) is 12.4. The molecule has 0 bridgehead atoms. The van der Waals surface area contributed by atoms with Crippen LogP contribution in [0.1, 0.15) is 82.5 Å². The maximum absolute atomic E-state index is 12.7. The van der Waals surface area contributed by atoms with Crippen molar-refractivity contribution in [1.82, 2.24) is 19.9 Å². The van der Waals surface area contributed by atoms with Gasteiger partial charge >= 0.3 is 6.09 Å². The summed E-state index contributed by atoms with van der Waals surface area (Å²) in [7, 11) is 1.69. The lowest BCUT2D eigenvalue weighted by Gasteiger charge is -2.34. The number of nitrogens with one attached hydrogen (secondary N) is 1. The number of alkyl carbamates (subject to hydrolysis) is 1. The number of aromatic nitrogens is 3. The number of hydrogen-bond donors (Lipinski definition) is 1. The molecule has 1 spiro atoms. The largest absolute Gasteiger partial charge is 0.497 e. The van der Waals surface area contributed by atoms with Crippen LogP contribution in [-0.4, -0.2) is 58.2 Å². The number of benzene rings is 1. The fraction of sp³-hybridized carbons (Fsp3) is 0.559. The van der Waals surface area contributed by atoms with Crippen molar-refractivity contribution >= 4 is 33.5 Å². The van der Waals surface area contributed by atoms with E-state index in [1.165, 1.54) is 24.0 Å². The number of carbonyl (C=O) groups excluding carboxylic acids is 1. The molecule has 2 saturated carbocycles. The van der Waals surface area contributed by atoms with Crippen LogP contribution in [0.5, 0.6) is 5.75 Å². The fourth-order valence-electron chi connectivity index (χ4n) is 7.53. The summed E-state index contributed by atoms with van der Waals surface area (Å²) >= 11 is 3.76. The van der Waals surface area contributed by atoms with Crippen LogP contribution in [0.4, 0.5) is 10.6 Å². The lowest BCUT2D eigenvalue weighted by molar-refractivity contribution is 0.0226. The molecule has 3 aliphatic carbocycles. The first kappa shape index (κ1) is 30.9. The van der Waals surface area contributed by atoms with E-state index >= 15 is 0 Å². The summed E-state index contributed by atoms with van der Waals surface area (Å²) in [6.07, 6.45) is 11.2. The molecule has 236 valence electrons. The summed E-state index contributed by atoms with van der Waals surface area (Å²) in [5, 5.41) is 8.00. The molecule has 0 aliphatic heterocycles. The highest BCUT2D eigenvalue weighted by molar-refractivity contribution is 9.10. The van der Waals surface area contributed by atoms with Crippen LogP contribution in [0, 0.1) is 0 Å². The Morgan fingerprint density at radius 2 is 1.98 bits per heavy atom. The first-order valence-electron chi connectivity index (χ1n) is 15.8. The molecule has 1 unspecified atom stereocenters. The van der Waals surface area contributed by atoms with Gasteiger partial charge in [0.2, 0.25) is 0 Å². The molecule has 0 saturated heterocycles. The number of halogens is 1. The van der Waals surface area contributed by atoms with E-state index in [2.05, 4.69) is 44.9 Å². The number of nitrogens with zero attached hydrogens (tertiary/aromatic N) is 4. The monoisotopic (exact) mass is 665 g/mol. The minimum Gasteiger partial charge on any atom is -0.497 e. The molecule has 3 atom stereocenters. The van der Waals surface area contributed by atoms with Gasteiger partial charge in [0.1, 0.15) is 17.2 Å². The third kappa shape index (κ3) is 5.95. The van der Waals surface area contributed by atoms with Gasteiger partial charge < -0.3 is 24.4 Å². The maximum Gasteiger partial charge on any atom is 0.407 e.